The molecule has 0 amide bonds. The first-order valence-electron chi connectivity index (χ1n) is 14.0. The molecule has 4 nitrogen and oxygen atoms in total. The van der Waals surface area contributed by atoms with Crippen LogP contribution in [0.5, 0.6) is 0 Å². The third kappa shape index (κ3) is 4.77. The van der Waals surface area contributed by atoms with Crippen molar-refractivity contribution in [3.8, 4) is 0 Å². The Balaban J connectivity index is 1.45. The van der Waals surface area contributed by atoms with Crippen molar-refractivity contribution < 1.29 is 20.1 Å². The van der Waals surface area contributed by atoms with Crippen molar-refractivity contribution in [1.82, 2.24) is 0 Å². The van der Waals surface area contributed by atoms with E-state index in [0.717, 1.165) is 49.4 Å². The molecule has 10 atom stereocenters. The minimum absolute atomic E-state index is 0.0633. The Morgan fingerprint density at radius 1 is 1.06 bits per heavy atom. The van der Waals surface area contributed by atoms with Gasteiger partial charge in [0.25, 0.3) is 0 Å². The molecule has 0 heterocycles. The molecule has 4 aliphatic carbocycles. The van der Waals surface area contributed by atoms with Gasteiger partial charge in [-0.05, 0) is 124 Å². The van der Waals surface area contributed by atoms with Crippen LogP contribution in [-0.4, -0.2) is 33.0 Å². The summed E-state index contributed by atoms with van der Waals surface area (Å²) in [7, 11) is 0. The van der Waals surface area contributed by atoms with Gasteiger partial charge in [0.2, 0.25) is 0 Å². The Labute approximate surface area is 201 Å². The Morgan fingerprint density at radius 2 is 1.76 bits per heavy atom. The van der Waals surface area contributed by atoms with Crippen LogP contribution in [0.25, 0.3) is 0 Å². The van der Waals surface area contributed by atoms with Gasteiger partial charge >= 0.3 is 5.97 Å². The summed E-state index contributed by atoms with van der Waals surface area (Å²) in [6, 6.07) is 0. The molecule has 3 N–H and O–H groups in total. The van der Waals surface area contributed by atoms with Gasteiger partial charge in [0, 0.05) is 0 Å². The molecular weight excluding hydrogens is 412 g/mol. The largest absolute Gasteiger partial charge is 0.481 e. The van der Waals surface area contributed by atoms with E-state index in [9.17, 15) is 20.1 Å². The number of carbonyl (C=O) groups is 1. The van der Waals surface area contributed by atoms with Crippen LogP contribution in [0.1, 0.15) is 112 Å². The topological polar surface area (TPSA) is 77.8 Å². The van der Waals surface area contributed by atoms with E-state index in [4.69, 9.17) is 0 Å². The Bertz CT molecular complexity index is 713. The molecular formula is C29H50O4. The summed E-state index contributed by atoms with van der Waals surface area (Å²) in [6.07, 6.45) is 12.4. The van der Waals surface area contributed by atoms with Gasteiger partial charge in [-0.15, -0.1) is 0 Å². The number of rotatable bonds is 7. The summed E-state index contributed by atoms with van der Waals surface area (Å²) in [5.74, 6) is 3.55. The molecule has 0 aromatic heterocycles. The van der Waals surface area contributed by atoms with Gasteiger partial charge < -0.3 is 15.3 Å². The van der Waals surface area contributed by atoms with E-state index in [1.807, 2.05) is 13.8 Å². The summed E-state index contributed by atoms with van der Waals surface area (Å²) < 4.78 is 0. The van der Waals surface area contributed by atoms with Crippen molar-refractivity contribution in [3.05, 3.63) is 0 Å². The van der Waals surface area contributed by atoms with Crippen LogP contribution >= 0.6 is 0 Å². The molecule has 0 spiro atoms. The standard InChI is InChI=1S/C29H50O4/c1-18(7-6-13-27(2,3)33)22-10-11-23-21-9-8-20-15-19(16-26(31)32)25(30)17-29(20,5)24(21)12-14-28(22,23)4/h18-25,30,33H,6-17H2,1-5H3,(H,31,32)/t18-,19?,20?,21+,22-,23+,24+,25?,28-,29+/m1/s1. The number of hydrogen-bond donors (Lipinski definition) is 3. The molecule has 4 aliphatic rings. The molecule has 4 saturated carbocycles. The van der Waals surface area contributed by atoms with E-state index < -0.39 is 17.7 Å². The van der Waals surface area contributed by atoms with E-state index in [-0.39, 0.29) is 17.8 Å². The highest BCUT2D eigenvalue weighted by molar-refractivity contribution is 5.67. The van der Waals surface area contributed by atoms with E-state index in [0.29, 0.717) is 17.3 Å². The molecule has 0 aromatic carbocycles. The number of hydrogen-bond acceptors (Lipinski definition) is 3. The zero-order valence-corrected chi connectivity index (χ0v) is 21.9. The minimum atomic E-state index is -0.765. The Kier molecular flexibility index (Phi) is 7.04. The summed E-state index contributed by atoms with van der Waals surface area (Å²) in [5.41, 5.74) is 0.0642. The van der Waals surface area contributed by atoms with Crippen LogP contribution in [0.2, 0.25) is 0 Å². The summed E-state index contributed by atoms with van der Waals surface area (Å²) >= 11 is 0. The molecule has 4 fully saturated rings. The first-order valence-corrected chi connectivity index (χ1v) is 14.0. The third-order valence-electron chi connectivity index (χ3n) is 11.5. The number of fused-ring (bicyclic) bond motifs is 5. The monoisotopic (exact) mass is 462 g/mol. The van der Waals surface area contributed by atoms with Crippen molar-refractivity contribution in [2.45, 2.75) is 123 Å². The van der Waals surface area contributed by atoms with Crippen molar-refractivity contribution >= 4 is 5.97 Å². The second kappa shape index (κ2) is 9.12. The third-order valence-corrected chi connectivity index (χ3v) is 11.5. The fraction of sp³-hybridized carbons (Fsp3) is 0.966. The molecule has 33 heavy (non-hydrogen) atoms. The number of aliphatic carboxylic acids is 1. The van der Waals surface area contributed by atoms with Crippen LogP contribution in [-0.2, 0) is 4.79 Å². The average molecular weight is 463 g/mol. The summed E-state index contributed by atoms with van der Waals surface area (Å²) in [5, 5.41) is 30.3. The van der Waals surface area contributed by atoms with E-state index in [1.165, 1.54) is 44.9 Å². The van der Waals surface area contributed by atoms with E-state index >= 15 is 0 Å². The molecule has 0 aromatic rings. The molecule has 0 saturated heterocycles. The lowest BCUT2D eigenvalue weighted by atomic mass is 9.43. The highest BCUT2D eigenvalue weighted by atomic mass is 16.4. The number of carboxylic acids is 1. The van der Waals surface area contributed by atoms with Crippen molar-refractivity contribution in [3.63, 3.8) is 0 Å². The van der Waals surface area contributed by atoms with Crippen LogP contribution in [0.4, 0.5) is 0 Å². The fourth-order valence-corrected chi connectivity index (χ4v) is 9.86. The molecule has 4 heteroatoms. The van der Waals surface area contributed by atoms with Crippen LogP contribution in [0.15, 0.2) is 0 Å². The lowest BCUT2D eigenvalue weighted by molar-refractivity contribution is -0.155. The van der Waals surface area contributed by atoms with E-state index in [2.05, 4.69) is 20.8 Å². The van der Waals surface area contributed by atoms with Gasteiger partial charge in [0.05, 0.1) is 18.1 Å². The molecule has 190 valence electrons. The lowest BCUT2D eigenvalue weighted by Gasteiger charge is -2.62. The highest BCUT2D eigenvalue weighted by Crippen LogP contribution is 2.68. The maximum atomic E-state index is 11.3. The normalized spacial score (nSPS) is 46.2. The highest BCUT2D eigenvalue weighted by Gasteiger charge is 2.61. The molecule has 4 rings (SSSR count). The first kappa shape index (κ1) is 25.5. The van der Waals surface area contributed by atoms with E-state index in [1.54, 1.807) is 0 Å². The van der Waals surface area contributed by atoms with Crippen LogP contribution < -0.4 is 0 Å². The number of carboxylic acid groups (broad SMARTS) is 1. The quantitative estimate of drug-likeness (QED) is 0.416. The lowest BCUT2D eigenvalue weighted by Crippen LogP contribution is -2.56. The zero-order valence-electron chi connectivity index (χ0n) is 21.9. The molecule has 0 bridgehead atoms. The number of aliphatic hydroxyl groups is 2. The van der Waals surface area contributed by atoms with Gasteiger partial charge in [-0.1, -0.05) is 33.6 Å². The molecule has 3 unspecified atom stereocenters. The smallest absolute Gasteiger partial charge is 0.303 e. The number of aliphatic hydroxyl groups excluding tert-OH is 1. The summed E-state index contributed by atoms with van der Waals surface area (Å²) in [4.78, 5) is 11.3. The zero-order chi connectivity index (χ0) is 24.2. The maximum Gasteiger partial charge on any atom is 0.303 e. The van der Waals surface area contributed by atoms with Gasteiger partial charge in [-0.3, -0.25) is 4.79 Å². The van der Waals surface area contributed by atoms with Crippen LogP contribution in [0.3, 0.4) is 0 Å². The average Bonchev–Trinajstić information content (AvgIpc) is 3.04. The SMILES string of the molecule is C[C@H](CCCC(C)(C)O)[C@H]1CC[C@H]2[C@@H]3CCC4CC(CC(=O)O)C(O)C[C@]4(C)[C@H]3CC[C@]12C. The first-order chi connectivity index (χ1) is 15.3. The second-order valence-electron chi connectivity index (χ2n) is 13.9. The predicted molar refractivity (Wildman–Crippen MR) is 132 cm³/mol. The molecule has 0 aliphatic heterocycles. The van der Waals surface area contributed by atoms with Crippen molar-refractivity contribution in [2.24, 2.45) is 52.3 Å². The van der Waals surface area contributed by atoms with Gasteiger partial charge in [0.15, 0.2) is 0 Å². The summed E-state index contributed by atoms with van der Waals surface area (Å²) in [6.45, 7) is 11.4. The predicted octanol–water partition coefficient (Wildman–Crippen LogP) is 6.28. The van der Waals surface area contributed by atoms with Crippen molar-refractivity contribution in [2.75, 3.05) is 0 Å². The fourth-order valence-electron chi connectivity index (χ4n) is 9.86. The second-order valence-corrected chi connectivity index (χ2v) is 13.9. The molecule has 0 radical (unpaired) electrons. The van der Waals surface area contributed by atoms with Crippen LogP contribution in [0, 0.1) is 52.3 Å². The maximum absolute atomic E-state index is 11.3. The van der Waals surface area contributed by atoms with Gasteiger partial charge in [0.1, 0.15) is 0 Å². The van der Waals surface area contributed by atoms with Gasteiger partial charge in [-0.2, -0.15) is 0 Å². The Morgan fingerprint density at radius 3 is 2.42 bits per heavy atom. The Hall–Kier alpha value is -0.610. The van der Waals surface area contributed by atoms with Gasteiger partial charge in [-0.25, -0.2) is 0 Å². The minimum Gasteiger partial charge on any atom is -0.481 e. The van der Waals surface area contributed by atoms with Crippen molar-refractivity contribution in [1.29, 1.82) is 0 Å².